The summed E-state index contributed by atoms with van der Waals surface area (Å²) in [6.45, 7) is 5.59. The fourth-order valence-corrected chi connectivity index (χ4v) is 4.58. The van der Waals surface area contributed by atoms with Crippen LogP contribution in [0.4, 0.5) is 0 Å². The Morgan fingerprint density at radius 3 is 2.06 bits per heavy atom. The second-order valence-corrected chi connectivity index (χ2v) is 8.09. The highest BCUT2D eigenvalue weighted by molar-refractivity contribution is 5.94. The van der Waals surface area contributed by atoms with Gasteiger partial charge in [-0.15, -0.1) is 12.4 Å². The number of nitrogens with zero attached hydrogens (tertiary/aromatic N) is 1. The number of ether oxygens (including phenoxy) is 1. The maximum Gasteiger partial charge on any atom is 0.305 e. The van der Waals surface area contributed by atoms with E-state index in [-0.39, 0.29) is 18.4 Å². The van der Waals surface area contributed by atoms with Crippen molar-refractivity contribution in [3.63, 3.8) is 0 Å². The number of benzene rings is 2. The lowest BCUT2D eigenvalue weighted by Gasteiger charge is -2.30. The monoisotopic (exact) mass is 437 g/mol. The molecule has 2 aliphatic rings. The van der Waals surface area contributed by atoms with Gasteiger partial charge in [0.15, 0.2) is 0 Å². The second kappa shape index (κ2) is 11.3. The molecule has 1 aliphatic carbocycles. The summed E-state index contributed by atoms with van der Waals surface area (Å²) in [5, 5.41) is 0. The first-order chi connectivity index (χ1) is 14.8. The molecule has 0 aromatic heterocycles. The number of hydrogen-bond donors (Lipinski definition) is 0. The maximum atomic E-state index is 11.5. The average Bonchev–Trinajstić information content (AvgIpc) is 2.94. The van der Waals surface area contributed by atoms with E-state index in [1.807, 2.05) is 6.92 Å². The van der Waals surface area contributed by atoms with Crippen molar-refractivity contribution < 1.29 is 9.53 Å². The Bertz CT molecular complexity index is 902. The molecule has 0 N–H and O–H groups in total. The summed E-state index contributed by atoms with van der Waals surface area (Å²) in [4.78, 5) is 14.0. The van der Waals surface area contributed by atoms with E-state index in [0.29, 0.717) is 13.0 Å². The third-order valence-corrected chi connectivity index (χ3v) is 6.13. The normalized spacial score (nSPS) is 15.5. The Morgan fingerprint density at radius 1 is 0.903 bits per heavy atom. The molecule has 1 aliphatic heterocycles. The molecule has 1 saturated heterocycles. The lowest BCUT2D eigenvalue weighted by atomic mass is 9.86. The number of carbonyl (C=O) groups is 1. The molecule has 0 unspecified atom stereocenters. The predicted octanol–water partition coefficient (Wildman–Crippen LogP) is 6.22. The summed E-state index contributed by atoms with van der Waals surface area (Å²) in [6.07, 6.45) is 9.22. The van der Waals surface area contributed by atoms with Crippen LogP contribution >= 0.6 is 12.4 Å². The Hall–Kier alpha value is -2.36. The predicted molar refractivity (Wildman–Crippen MR) is 131 cm³/mol. The van der Waals surface area contributed by atoms with Crippen molar-refractivity contribution in [1.82, 2.24) is 4.90 Å². The molecule has 31 heavy (non-hydrogen) atoms. The van der Waals surface area contributed by atoms with E-state index in [4.69, 9.17) is 4.74 Å². The van der Waals surface area contributed by atoms with Gasteiger partial charge in [0.1, 0.15) is 0 Å². The minimum absolute atomic E-state index is 0. The molecule has 2 aromatic carbocycles. The van der Waals surface area contributed by atoms with E-state index in [9.17, 15) is 4.79 Å². The van der Waals surface area contributed by atoms with Gasteiger partial charge in [0, 0.05) is 19.5 Å². The molecule has 1 heterocycles. The van der Waals surface area contributed by atoms with Crippen molar-refractivity contribution in [2.75, 3.05) is 26.2 Å². The summed E-state index contributed by atoms with van der Waals surface area (Å²) >= 11 is 0. The Labute approximate surface area is 192 Å². The fourth-order valence-electron chi connectivity index (χ4n) is 4.58. The molecule has 4 rings (SSSR count). The van der Waals surface area contributed by atoms with Gasteiger partial charge >= 0.3 is 5.97 Å². The number of esters is 1. The number of carbonyl (C=O) groups excluding carboxylic acids is 1. The number of rotatable bonds is 6. The quantitative estimate of drug-likeness (QED) is 0.338. The summed E-state index contributed by atoms with van der Waals surface area (Å²) < 4.78 is 5.02. The highest BCUT2D eigenvalue weighted by Gasteiger charge is 2.22. The standard InChI is InChI=1S/C27H31NO2.ClH/c1-2-30-26(29)13-7-8-18-28-19-16-23(17-20-28)27-24-11-5-3-9-21(24)14-15-22-10-4-6-12-25(22)27;/h3-6,9-12,14-15H,2,7-8,13,16-20H2,1H3;1H. The fraction of sp³-hybridized carbons (Fsp3) is 0.370. The van der Waals surface area contributed by atoms with E-state index in [1.165, 1.54) is 27.8 Å². The molecular formula is C27H32ClNO2. The third kappa shape index (κ3) is 5.66. The number of halogens is 1. The molecule has 2 aromatic rings. The van der Waals surface area contributed by atoms with Crippen molar-refractivity contribution in [3.8, 4) is 0 Å². The van der Waals surface area contributed by atoms with Gasteiger partial charge in [0.2, 0.25) is 0 Å². The maximum absolute atomic E-state index is 11.5. The van der Waals surface area contributed by atoms with Gasteiger partial charge in [-0.1, -0.05) is 66.3 Å². The molecule has 3 nitrogen and oxygen atoms in total. The van der Waals surface area contributed by atoms with E-state index < -0.39 is 0 Å². The van der Waals surface area contributed by atoms with Gasteiger partial charge in [-0.3, -0.25) is 4.79 Å². The first-order valence-electron chi connectivity index (χ1n) is 11.2. The summed E-state index contributed by atoms with van der Waals surface area (Å²) in [7, 11) is 0. The number of hydrogen-bond acceptors (Lipinski definition) is 3. The third-order valence-electron chi connectivity index (χ3n) is 6.13. The van der Waals surface area contributed by atoms with Gasteiger partial charge in [0.25, 0.3) is 0 Å². The van der Waals surface area contributed by atoms with Crippen LogP contribution in [0.1, 0.15) is 61.3 Å². The first-order valence-corrected chi connectivity index (χ1v) is 11.2. The molecule has 1 fully saturated rings. The number of likely N-dealkylation sites (tertiary alicyclic amines) is 1. The van der Waals surface area contributed by atoms with E-state index in [0.717, 1.165) is 45.3 Å². The van der Waals surface area contributed by atoms with Crippen LogP contribution in [0.25, 0.3) is 17.7 Å². The van der Waals surface area contributed by atoms with Gasteiger partial charge in [-0.25, -0.2) is 0 Å². The number of fused-ring (bicyclic) bond motifs is 2. The van der Waals surface area contributed by atoms with Crippen LogP contribution in [-0.4, -0.2) is 37.1 Å². The molecule has 0 radical (unpaired) electrons. The van der Waals surface area contributed by atoms with Crippen molar-refractivity contribution in [3.05, 3.63) is 76.4 Å². The Kier molecular flexibility index (Phi) is 8.51. The molecule has 0 spiro atoms. The lowest BCUT2D eigenvalue weighted by Crippen LogP contribution is -2.32. The minimum Gasteiger partial charge on any atom is -0.466 e. The van der Waals surface area contributed by atoms with E-state index in [2.05, 4.69) is 65.6 Å². The molecule has 0 amide bonds. The minimum atomic E-state index is -0.0672. The van der Waals surface area contributed by atoms with E-state index in [1.54, 1.807) is 5.57 Å². The molecule has 0 saturated carbocycles. The van der Waals surface area contributed by atoms with Crippen molar-refractivity contribution >= 4 is 36.1 Å². The van der Waals surface area contributed by atoms with Crippen LogP contribution in [0.2, 0.25) is 0 Å². The van der Waals surface area contributed by atoms with E-state index >= 15 is 0 Å². The molecule has 0 bridgehead atoms. The van der Waals surface area contributed by atoms with Crippen LogP contribution in [0.5, 0.6) is 0 Å². The molecule has 164 valence electrons. The molecule has 4 heteroatoms. The van der Waals surface area contributed by atoms with Crippen molar-refractivity contribution in [2.45, 2.75) is 39.0 Å². The summed E-state index contributed by atoms with van der Waals surface area (Å²) in [6, 6.07) is 17.5. The van der Waals surface area contributed by atoms with Crippen LogP contribution in [0, 0.1) is 0 Å². The van der Waals surface area contributed by atoms with Crippen molar-refractivity contribution in [1.29, 1.82) is 0 Å². The van der Waals surface area contributed by atoms with Gasteiger partial charge in [-0.2, -0.15) is 0 Å². The van der Waals surface area contributed by atoms with Crippen LogP contribution in [-0.2, 0) is 9.53 Å². The van der Waals surface area contributed by atoms with Gasteiger partial charge in [0.05, 0.1) is 6.61 Å². The topological polar surface area (TPSA) is 29.5 Å². The highest BCUT2D eigenvalue weighted by atomic mass is 35.5. The number of unbranched alkanes of at least 4 members (excludes halogenated alkanes) is 1. The van der Waals surface area contributed by atoms with Crippen LogP contribution in [0.15, 0.2) is 54.1 Å². The molecule has 0 atom stereocenters. The Balaban J connectivity index is 0.00000272. The smallest absolute Gasteiger partial charge is 0.305 e. The zero-order valence-electron chi connectivity index (χ0n) is 18.3. The highest BCUT2D eigenvalue weighted by Crippen LogP contribution is 2.38. The Morgan fingerprint density at radius 2 is 1.48 bits per heavy atom. The first kappa shape index (κ1) is 23.3. The van der Waals surface area contributed by atoms with Crippen molar-refractivity contribution in [2.24, 2.45) is 0 Å². The largest absolute Gasteiger partial charge is 0.466 e. The van der Waals surface area contributed by atoms with Crippen LogP contribution < -0.4 is 0 Å². The summed E-state index contributed by atoms with van der Waals surface area (Å²) in [5.41, 5.74) is 8.33. The zero-order chi connectivity index (χ0) is 20.8. The van der Waals surface area contributed by atoms with Crippen LogP contribution in [0.3, 0.4) is 0 Å². The summed E-state index contributed by atoms with van der Waals surface area (Å²) in [5.74, 6) is -0.0672. The average molecular weight is 438 g/mol. The van der Waals surface area contributed by atoms with Gasteiger partial charge < -0.3 is 9.64 Å². The second-order valence-electron chi connectivity index (χ2n) is 8.09. The number of piperidine rings is 1. The lowest BCUT2D eigenvalue weighted by molar-refractivity contribution is -0.143. The zero-order valence-corrected chi connectivity index (χ0v) is 19.1. The van der Waals surface area contributed by atoms with Gasteiger partial charge in [-0.05, 0) is 67.0 Å². The molecular weight excluding hydrogens is 406 g/mol. The SMILES string of the molecule is CCOC(=O)CCCCN1CCC(=C2c3ccccc3C=Cc3ccccc32)CC1.Cl.